The van der Waals surface area contributed by atoms with Crippen molar-refractivity contribution in [3.05, 3.63) is 0 Å². The molecule has 2 aliphatic rings. The molecule has 0 aromatic heterocycles. The summed E-state index contributed by atoms with van der Waals surface area (Å²) in [6.45, 7) is 4.58. The van der Waals surface area contributed by atoms with Crippen molar-refractivity contribution < 1.29 is 0 Å². The molecule has 1 unspecified atom stereocenters. The van der Waals surface area contributed by atoms with E-state index in [9.17, 15) is 0 Å². The lowest BCUT2D eigenvalue weighted by molar-refractivity contribution is 0.316. The molecule has 2 heterocycles. The summed E-state index contributed by atoms with van der Waals surface area (Å²) in [6, 6.07) is 0.770. The summed E-state index contributed by atoms with van der Waals surface area (Å²) >= 11 is 2.09. The minimum absolute atomic E-state index is 0.445. The van der Waals surface area contributed by atoms with Crippen molar-refractivity contribution in [1.82, 2.24) is 10.6 Å². The van der Waals surface area contributed by atoms with Crippen molar-refractivity contribution in [3.63, 3.8) is 0 Å². The van der Waals surface area contributed by atoms with E-state index in [0.29, 0.717) is 4.87 Å². The van der Waals surface area contributed by atoms with Crippen LogP contribution in [-0.4, -0.2) is 29.8 Å². The van der Waals surface area contributed by atoms with Gasteiger partial charge in [0.1, 0.15) is 0 Å². The van der Waals surface area contributed by atoms with Gasteiger partial charge in [-0.3, -0.25) is 5.32 Å². The average Bonchev–Trinajstić information content (AvgIpc) is 2.29. The van der Waals surface area contributed by atoms with Crippen molar-refractivity contribution in [2.45, 2.75) is 24.3 Å². The Hall–Kier alpha value is 0.270. The number of thioether (sulfide) groups is 1. The van der Waals surface area contributed by atoms with E-state index in [2.05, 4.69) is 29.3 Å². The third-order valence-electron chi connectivity index (χ3n) is 2.34. The molecule has 0 bridgehead atoms. The van der Waals surface area contributed by atoms with E-state index in [1.807, 2.05) is 0 Å². The minimum Gasteiger partial charge on any atom is -0.311 e. The van der Waals surface area contributed by atoms with Crippen LogP contribution in [0.25, 0.3) is 0 Å². The first-order chi connectivity index (χ1) is 4.85. The van der Waals surface area contributed by atoms with Crippen LogP contribution in [0.2, 0.25) is 0 Å². The van der Waals surface area contributed by atoms with E-state index in [0.717, 1.165) is 19.1 Å². The predicted molar refractivity (Wildman–Crippen MR) is 45.3 cm³/mol. The molecular weight excluding hydrogens is 144 g/mol. The fraction of sp³-hybridized carbons (Fsp3) is 1.00. The van der Waals surface area contributed by atoms with Crippen LogP contribution in [0.15, 0.2) is 0 Å². The highest BCUT2D eigenvalue weighted by Gasteiger charge is 2.43. The van der Waals surface area contributed by atoms with Gasteiger partial charge in [-0.1, -0.05) is 6.92 Å². The molecule has 3 heteroatoms. The van der Waals surface area contributed by atoms with Crippen molar-refractivity contribution in [3.8, 4) is 0 Å². The van der Waals surface area contributed by atoms with Gasteiger partial charge in [0.15, 0.2) is 0 Å². The molecule has 2 N–H and O–H groups in total. The van der Waals surface area contributed by atoms with E-state index < -0.39 is 0 Å². The lowest BCUT2D eigenvalue weighted by Gasteiger charge is -2.39. The van der Waals surface area contributed by atoms with Crippen molar-refractivity contribution >= 4 is 11.8 Å². The van der Waals surface area contributed by atoms with Gasteiger partial charge in [0.2, 0.25) is 0 Å². The number of rotatable bonds is 1. The zero-order valence-electron chi connectivity index (χ0n) is 6.31. The first-order valence-electron chi connectivity index (χ1n) is 3.97. The van der Waals surface area contributed by atoms with E-state index in [1.165, 1.54) is 12.2 Å². The fourth-order valence-electron chi connectivity index (χ4n) is 1.49. The van der Waals surface area contributed by atoms with Crippen LogP contribution in [0, 0.1) is 0 Å². The third kappa shape index (κ3) is 0.966. The molecule has 2 fully saturated rings. The number of hydrogen-bond acceptors (Lipinski definition) is 3. The topological polar surface area (TPSA) is 24.1 Å². The van der Waals surface area contributed by atoms with Crippen molar-refractivity contribution in [2.24, 2.45) is 0 Å². The number of hydrogen-bond donors (Lipinski definition) is 2. The molecule has 1 atom stereocenters. The van der Waals surface area contributed by atoms with E-state index in [1.54, 1.807) is 0 Å². The average molecular weight is 158 g/mol. The maximum absolute atomic E-state index is 3.65. The van der Waals surface area contributed by atoms with Crippen LogP contribution < -0.4 is 10.6 Å². The summed E-state index contributed by atoms with van der Waals surface area (Å²) in [5, 5.41) is 6.96. The monoisotopic (exact) mass is 158 g/mol. The summed E-state index contributed by atoms with van der Waals surface area (Å²) in [7, 11) is 0. The Bertz CT molecular complexity index is 134. The molecule has 0 saturated carbocycles. The third-order valence-corrected chi connectivity index (χ3v) is 3.87. The molecule has 2 nitrogen and oxygen atoms in total. The Morgan fingerprint density at radius 2 is 2.40 bits per heavy atom. The Morgan fingerprint density at radius 1 is 1.60 bits per heavy atom. The van der Waals surface area contributed by atoms with Crippen LogP contribution in [0.3, 0.4) is 0 Å². The predicted octanol–water partition coefficient (Wildman–Crippen LogP) is 0.401. The molecule has 10 heavy (non-hydrogen) atoms. The first kappa shape index (κ1) is 6.95. The van der Waals surface area contributed by atoms with Gasteiger partial charge in [-0.2, -0.15) is 0 Å². The Labute approximate surface area is 66.1 Å². The van der Waals surface area contributed by atoms with Crippen molar-refractivity contribution in [2.75, 3.05) is 18.8 Å². The summed E-state index contributed by atoms with van der Waals surface area (Å²) in [5.41, 5.74) is 0. The smallest absolute Gasteiger partial charge is 0.0899 e. The Balaban J connectivity index is 1.92. The van der Waals surface area contributed by atoms with Gasteiger partial charge in [-0.25, -0.2) is 0 Å². The van der Waals surface area contributed by atoms with Crippen molar-refractivity contribution in [1.29, 1.82) is 0 Å². The van der Waals surface area contributed by atoms with Crippen LogP contribution >= 0.6 is 11.8 Å². The fourth-order valence-corrected chi connectivity index (χ4v) is 2.99. The van der Waals surface area contributed by atoms with Gasteiger partial charge in [0.05, 0.1) is 4.87 Å². The first-order valence-corrected chi connectivity index (χ1v) is 4.95. The highest BCUT2D eigenvalue weighted by atomic mass is 32.2. The number of nitrogens with one attached hydrogen (secondary N) is 2. The summed E-state index contributed by atoms with van der Waals surface area (Å²) in [5.74, 6) is 1.30. The van der Waals surface area contributed by atoms with Crippen LogP contribution in [-0.2, 0) is 0 Å². The molecule has 0 aliphatic carbocycles. The molecular formula is C7H14N2S. The molecule has 2 saturated heterocycles. The van der Waals surface area contributed by atoms with E-state index >= 15 is 0 Å². The molecule has 0 amide bonds. The van der Waals surface area contributed by atoms with Gasteiger partial charge >= 0.3 is 0 Å². The normalized spacial score (nSPS) is 36.3. The maximum atomic E-state index is 3.65. The highest BCUT2D eigenvalue weighted by molar-refractivity contribution is 8.01. The van der Waals surface area contributed by atoms with Gasteiger partial charge in [-0.15, -0.1) is 11.8 Å². The van der Waals surface area contributed by atoms with E-state index in [4.69, 9.17) is 0 Å². The molecule has 1 spiro atoms. The molecule has 0 aromatic rings. The SMILES string of the molecule is CCC1CSC2(CNC2)N1. The molecule has 0 radical (unpaired) electrons. The van der Waals surface area contributed by atoms with Crippen LogP contribution in [0.4, 0.5) is 0 Å². The lowest BCUT2D eigenvalue weighted by atomic mass is 10.1. The van der Waals surface area contributed by atoms with E-state index in [-0.39, 0.29) is 0 Å². The zero-order chi connectivity index (χ0) is 7.03. The lowest BCUT2D eigenvalue weighted by Crippen LogP contribution is -2.64. The maximum Gasteiger partial charge on any atom is 0.0899 e. The summed E-state index contributed by atoms with van der Waals surface area (Å²) in [6.07, 6.45) is 1.27. The van der Waals surface area contributed by atoms with Gasteiger partial charge in [0, 0.05) is 24.9 Å². The summed E-state index contributed by atoms with van der Waals surface area (Å²) in [4.78, 5) is 0.445. The molecule has 0 aromatic carbocycles. The van der Waals surface area contributed by atoms with Gasteiger partial charge in [0.25, 0.3) is 0 Å². The molecule has 2 rings (SSSR count). The van der Waals surface area contributed by atoms with Gasteiger partial charge < -0.3 is 5.32 Å². The second-order valence-electron chi connectivity index (χ2n) is 3.16. The quantitative estimate of drug-likeness (QED) is 0.577. The summed E-state index contributed by atoms with van der Waals surface area (Å²) < 4.78 is 0. The Morgan fingerprint density at radius 3 is 2.70 bits per heavy atom. The zero-order valence-corrected chi connectivity index (χ0v) is 7.13. The second-order valence-corrected chi connectivity index (χ2v) is 4.56. The van der Waals surface area contributed by atoms with Gasteiger partial charge in [-0.05, 0) is 6.42 Å². The standard InChI is InChI=1S/C7H14N2S/c1-2-6-3-10-7(9-6)4-8-5-7/h6,8-9H,2-5H2,1H3. The largest absolute Gasteiger partial charge is 0.311 e. The Kier molecular flexibility index (Phi) is 1.66. The molecule has 2 aliphatic heterocycles. The van der Waals surface area contributed by atoms with Crippen LogP contribution in [0.1, 0.15) is 13.3 Å². The van der Waals surface area contributed by atoms with Crippen LogP contribution in [0.5, 0.6) is 0 Å². The second kappa shape index (κ2) is 2.40. The highest BCUT2D eigenvalue weighted by Crippen LogP contribution is 2.34. The minimum atomic E-state index is 0.445. The molecule has 58 valence electrons.